The van der Waals surface area contributed by atoms with Gasteiger partial charge in [0.25, 0.3) is 0 Å². The maximum Gasteiger partial charge on any atom is 0.0700 e. The predicted octanol–water partition coefficient (Wildman–Crippen LogP) is 1.43. The van der Waals surface area contributed by atoms with Crippen LogP contribution in [0, 0.1) is 0 Å². The van der Waals surface area contributed by atoms with E-state index in [4.69, 9.17) is 9.47 Å². The quantitative estimate of drug-likeness (QED) is 0.720. The first-order valence-corrected chi connectivity index (χ1v) is 6.91. The molecule has 0 spiro atoms. The Morgan fingerprint density at radius 1 is 1.26 bits per heavy atom. The summed E-state index contributed by atoms with van der Waals surface area (Å²) in [5.74, 6) is 0. The molecule has 0 bridgehead atoms. The number of hydrogen-bond donors (Lipinski definition) is 1. The molecule has 1 N–H and O–H groups in total. The molecule has 4 heteroatoms. The van der Waals surface area contributed by atoms with Crippen LogP contribution in [-0.2, 0) is 22.4 Å². The van der Waals surface area contributed by atoms with Crippen LogP contribution in [0.4, 0.5) is 5.69 Å². The lowest BCUT2D eigenvalue weighted by molar-refractivity contribution is 0.0719. The van der Waals surface area contributed by atoms with E-state index in [0.29, 0.717) is 13.2 Å². The molecule has 0 atom stereocenters. The molecule has 0 aliphatic carbocycles. The van der Waals surface area contributed by atoms with Crippen LogP contribution in [0.2, 0.25) is 0 Å². The van der Waals surface area contributed by atoms with Gasteiger partial charge in [-0.2, -0.15) is 0 Å². The fourth-order valence-electron chi connectivity index (χ4n) is 2.35. The topological polar surface area (TPSA) is 33.7 Å². The highest BCUT2D eigenvalue weighted by Gasteiger charge is 2.15. The number of ether oxygens (including phenoxy) is 2. The van der Waals surface area contributed by atoms with Crippen molar-refractivity contribution in [3.8, 4) is 0 Å². The monoisotopic (exact) mass is 264 g/mol. The first-order chi connectivity index (χ1) is 9.31. The SMILES string of the molecule is COCCOCCNCc1ccc2c(c1)CCN2C. The minimum atomic E-state index is 0.665. The van der Waals surface area contributed by atoms with Crippen molar-refractivity contribution in [3.63, 3.8) is 0 Å². The summed E-state index contributed by atoms with van der Waals surface area (Å²) in [6.07, 6.45) is 1.17. The van der Waals surface area contributed by atoms with Gasteiger partial charge in [-0.3, -0.25) is 0 Å². The van der Waals surface area contributed by atoms with E-state index in [2.05, 4.69) is 35.5 Å². The van der Waals surface area contributed by atoms with Crippen molar-refractivity contribution in [2.45, 2.75) is 13.0 Å². The van der Waals surface area contributed by atoms with Gasteiger partial charge < -0.3 is 19.7 Å². The lowest BCUT2D eigenvalue weighted by atomic mass is 10.1. The van der Waals surface area contributed by atoms with Gasteiger partial charge in [0.1, 0.15) is 0 Å². The van der Waals surface area contributed by atoms with E-state index in [1.807, 2.05) is 0 Å². The molecule has 1 aromatic carbocycles. The second kappa shape index (κ2) is 7.48. The number of fused-ring (bicyclic) bond motifs is 1. The van der Waals surface area contributed by atoms with E-state index in [1.165, 1.54) is 23.2 Å². The Morgan fingerprint density at radius 3 is 3.00 bits per heavy atom. The van der Waals surface area contributed by atoms with Gasteiger partial charge in [0.2, 0.25) is 0 Å². The zero-order valence-electron chi connectivity index (χ0n) is 11.9. The molecule has 1 heterocycles. The maximum atomic E-state index is 5.41. The van der Waals surface area contributed by atoms with Crippen LogP contribution in [0.25, 0.3) is 0 Å². The fourth-order valence-corrected chi connectivity index (χ4v) is 2.35. The summed E-state index contributed by atoms with van der Waals surface area (Å²) in [5, 5.41) is 3.40. The van der Waals surface area contributed by atoms with E-state index >= 15 is 0 Å². The van der Waals surface area contributed by atoms with Crippen molar-refractivity contribution in [2.75, 3.05) is 52.0 Å². The van der Waals surface area contributed by atoms with Gasteiger partial charge in [0, 0.05) is 39.5 Å². The van der Waals surface area contributed by atoms with Crippen LogP contribution in [-0.4, -0.2) is 47.1 Å². The molecule has 4 nitrogen and oxygen atoms in total. The predicted molar refractivity (Wildman–Crippen MR) is 77.8 cm³/mol. The lowest BCUT2D eigenvalue weighted by Gasteiger charge is -2.12. The molecule has 2 rings (SSSR count). The zero-order chi connectivity index (χ0) is 13.5. The number of rotatable bonds is 8. The third kappa shape index (κ3) is 4.20. The van der Waals surface area contributed by atoms with Gasteiger partial charge in [-0.1, -0.05) is 12.1 Å². The summed E-state index contributed by atoms with van der Waals surface area (Å²) >= 11 is 0. The van der Waals surface area contributed by atoms with Crippen molar-refractivity contribution < 1.29 is 9.47 Å². The highest BCUT2D eigenvalue weighted by atomic mass is 16.5. The molecule has 0 aromatic heterocycles. The lowest BCUT2D eigenvalue weighted by Crippen LogP contribution is -2.20. The Bertz CT molecular complexity index is 396. The molecular weight excluding hydrogens is 240 g/mol. The Labute approximate surface area is 115 Å². The van der Waals surface area contributed by atoms with Crippen LogP contribution in [0.15, 0.2) is 18.2 Å². The number of likely N-dealkylation sites (N-methyl/N-ethyl adjacent to an activating group) is 1. The van der Waals surface area contributed by atoms with Crippen molar-refractivity contribution in [2.24, 2.45) is 0 Å². The molecule has 1 aliphatic heterocycles. The minimum Gasteiger partial charge on any atom is -0.382 e. The van der Waals surface area contributed by atoms with Gasteiger partial charge in [-0.05, 0) is 23.6 Å². The molecule has 106 valence electrons. The van der Waals surface area contributed by atoms with Crippen LogP contribution in [0.3, 0.4) is 0 Å². The van der Waals surface area contributed by atoms with Crippen molar-refractivity contribution in [3.05, 3.63) is 29.3 Å². The van der Waals surface area contributed by atoms with Crippen molar-refractivity contribution in [1.82, 2.24) is 5.32 Å². The van der Waals surface area contributed by atoms with Crippen LogP contribution in [0.5, 0.6) is 0 Å². The standard InChI is InChI=1S/C15H24N2O2/c1-17-7-5-14-11-13(3-4-15(14)17)12-16-6-8-19-10-9-18-2/h3-4,11,16H,5-10,12H2,1-2H3. The molecule has 0 radical (unpaired) electrons. The molecule has 19 heavy (non-hydrogen) atoms. The smallest absolute Gasteiger partial charge is 0.0700 e. The van der Waals surface area contributed by atoms with E-state index < -0.39 is 0 Å². The molecule has 0 saturated heterocycles. The largest absolute Gasteiger partial charge is 0.382 e. The molecule has 0 unspecified atom stereocenters. The second-order valence-electron chi connectivity index (χ2n) is 4.92. The summed E-state index contributed by atoms with van der Waals surface area (Å²) in [4.78, 5) is 2.32. The molecule has 1 aliphatic rings. The normalized spacial score (nSPS) is 13.9. The minimum absolute atomic E-state index is 0.665. The summed E-state index contributed by atoms with van der Waals surface area (Å²) < 4.78 is 10.3. The summed E-state index contributed by atoms with van der Waals surface area (Å²) in [7, 11) is 3.84. The number of benzene rings is 1. The number of nitrogens with one attached hydrogen (secondary N) is 1. The zero-order valence-corrected chi connectivity index (χ0v) is 11.9. The van der Waals surface area contributed by atoms with Gasteiger partial charge in [0.15, 0.2) is 0 Å². The van der Waals surface area contributed by atoms with E-state index in [1.54, 1.807) is 7.11 Å². The average Bonchev–Trinajstić information content (AvgIpc) is 2.79. The number of nitrogens with zero attached hydrogens (tertiary/aromatic N) is 1. The van der Waals surface area contributed by atoms with E-state index in [0.717, 1.165) is 26.2 Å². The van der Waals surface area contributed by atoms with Crippen LogP contribution >= 0.6 is 0 Å². The third-order valence-corrected chi connectivity index (χ3v) is 3.46. The Hall–Kier alpha value is -1.10. The molecule has 0 saturated carbocycles. The first kappa shape index (κ1) is 14.3. The van der Waals surface area contributed by atoms with Crippen molar-refractivity contribution in [1.29, 1.82) is 0 Å². The second-order valence-corrected chi connectivity index (χ2v) is 4.92. The van der Waals surface area contributed by atoms with Crippen molar-refractivity contribution >= 4 is 5.69 Å². The summed E-state index contributed by atoms with van der Waals surface area (Å²) in [5.41, 5.74) is 4.20. The number of hydrogen-bond acceptors (Lipinski definition) is 4. The fraction of sp³-hybridized carbons (Fsp3) is 0.600. The average molecular weight is 264 g/mol. The highest BCUT2D eigenvalue weighted by Crippen LogP contribution is 2.27. The summed E-state index contributed by atoms with van der Waals surface area (Å²) in [6, 6.07) is 6.76. The Kier molecular flexibility index (Phi) is 5.63. The van der Waals surface area contributed by atoms with E-state index in [9.17, 15) is 0 Å². The molecule has 0 fully saturated rings. The van der Waals surface area contributed by atoms with Gasteiger partial charge in [-0.15, -0.1) is 0 Å². The first-order valence-electron chi connectivity index (χ1n) is 6.91. The number of methoxy groups -OCH3 is 1. The van der Waals surface area contributed by atoms with Gasteiger partial charge >= 0.3 is 0 Å². The maximum absolute atomic E-state index is 5.41. The molecule has 0 amide bonds. The Morgan fingerprint density at radius 2 is 2.16 bits per heavy atom. The summed E-state index contributed by atoms with van der Waals surface area (Å²) in [6.45, 7) is 4.99. The highest BCUT2D eigenvalue weighted by molar-refractivity contribution is 5.58. The molecule has 1 aromatic rings. The molecular formula is C15H24N2O2. The van der Waals surface area contributed by atoms with Gasteiger partial charge in [-0.25, -0.2) is 0 Å². The van der Waals surface area contributed by atoms with Crippen LogP contribution < -0.4 is 10.2 Å². The number of anilines is 1. The van der Waals surface area contributed by atoms with Crippen LogP contribution in [0.1, 0.15) is 11.1 Å². The Balaban J connectivity index is 1.67. The van der Waals surface area contributed by atoms with E-state index in [-0.39, 0.29) is 0 Å². The third-order valence-electron chi connectivity index (χ3n) is 3.46. The van der Waals surface area contributed by atoms with Gasteiger partial charge in [0.05, 0.1) is 19.8 Å².